The second kappa shape index (κ2) is 7.27. The largest absolute Gasteiger partial charge is 0.357 e. The van der Waals surface area contributed by atoms with Gasteiger partial charge in [0.15, 0.2) is 5.96 Å². The van der Waals surface area contributed by atoms with E-state index < -0.39 is 6.55 Å². The second-order valence-corrected chi connectivity index (χ2v) is 6.41. The molecule has 2 unspecified atom stereocenters. The molecule has 128 valence electrons. The zero-order valence-corrected chi connectivity index (χ0v) is 13.6. The van der Waals surface area contributed by atoms with E-state index in [1.54, 1.807) is 0 Å². The van der Waals surface area contributed by atoms with E-state index in [-0.39, 0.29) is 6.54 Å². The van der Waals surface area contributed by atoms with Crippen molar-refractivity contribution in [2.45, 2.75) is 45.7 Å². The van der Waals surface area contributed by atoms with Crippen LogP contribution in [0.3, 0.4) is 0 Å². The summed E-state index contributed by atoms with van der Waals surface area (Å²) in [5.41, 5.74) is 0. The van der Waals surface area contributed by atoms with Gasteiger partial charge in [0.05, 0.1) is 0 Å². The summed E-state index contributed by atoms with van der Waals surface area (Å²) in [5.74, 6) is 2.64. The molecule has 2 atom stereocenters. The van der Waals surface area contributed by atoms with Gasteiger partial charge in [0.1, 0.15) is 12.4 Å². The fourth-order valence-corrected chi connectivity index (χ4v) is 3.79. The average molecular weight is 325 g/mol. The molecule has 2 heterocycles. The van der Waals surface area contributed by atoms with Crippen LogP contribution in [0.25, 0.3) is 0 Å². The van der Waals surface area contributed by atoms with Gasteiger partial charge >= 0.3 is 6.55 Å². The first-order chi connectivity index (χ1) is 11.2. The number of likely N-dealkylation sites (tertiary alicyclic amines) is 1. The van der Waals surface area contributed by atoms with Gasteiger partial charge in [0, 0.05) is 32.0 Å². The molecule has 2 fully saturated rings. The number of halogens is 2. The van der Waals surface area contributed by atoms with Crippen molar-refractivity contribution in [3.63, 3.8) is 0 Å². The minimum atomic E-state index is -2.57. The number of imidazole rings is 1. The highest BCUT2D eigenvalue weighted by molar-refractivity contribution is 5.80. The quantitative estimate of drug-likeness (QED) is 0.684. The lowest BCUT2D eigenvalue weighted by Crippen LogP contribution is -2.40. The standard InChI is InChI=1S/C16H25F2N5/c1-2-19-16(21-9-14-20-7-8-23(14)15(17)18)22-10-12-5-3-4-6-13(12)11-22/h7-8,12-13,15H,2-6,9-11H2,1H3,(H,19,21). The lowest BCUT2D eigenvalue weighted by molar-refractivity contribution is 0.0671. The van der Waals surface area contributed by atoms with Crippen molar-refractivity contribution in [2.24, 2.45) is 16.8 Å². The Labute approximate surface area is 135 Å². The van der Waals surface area contributed by atoms with Gasteiger partial charge in [-0.25, -0.2) is 9.98 Å². The number of fused-ring (bicyclic) bond motifs is 1. The highest BCUT2D eigenvalue weighted by atomic mass is 19.3. The van der Waals surface area contributed by atoms with Gasteiger partial charge in [-0.3, -0.25) is 4.57 Å². The zero-order valence-electron chi connectivity index (χ0n) is 13.6. The number of rotatable bonds is 4. The molecule has 7 heteroatoms. The van der Waals surface area contributed by atoms with E-state index in [0.29, 0.717) is 5.82 Å². The molecule has 0 aromatic carbocycles. The summed E-state index contributed by atoms with van der Waals surface area (Å²) >= 11 is 0. The van der Waals surface area contributed by atoms with Crippen molar-refractivity contribution < 1.29 is 8.78 Å². The Hall–Kier alpha value is -1.66. The van der Waals surface area contributed by atoms with Crippen LogP contribution >= 0.6 is 0 Å². The maximum absolute atomic E-state index is 12.9. The first kappa shape index (κ1) is 16.2. The predicted molar refractivity (Wildman–Crippen MR) is 85.3 cm³/mol. The van der Waals surface area contributed by atoms with E-state index >= 15 is 0 Å². The predicted octanol–water partition coefficient (Wildman–Crippen LogP) is 2.87. The van der Waals surface area contributed by atoms with Crippen LogP contribution in [0.1, 0.15) is 45.0 Å². The Morgan fingerprint density at radius 1 is 1.35 bits per heavy atom. The summed E-state index contributed by atoms with van der Waals surface area (Å²) in [7, 11) is 0. The molecule has 1 aromatic rings. The number of guanidine groups is 1. The molecule has 1 saturated heterocycles. The maximum Gasteiger partial charge on any atom is 0.319 e. The topological polar surface area (TPSA) is 45.5 Å². The van der Waals surface area contributed by atoms with Crippen LogP contribution < -0.4 is 5.32 Å². The smallest absolute Gasteiger partial charge is 0.319 e. The monoisotopic (exact) mass is 325 g/mol. The fraction of sp³-hybridized carbons (Fsp3) is 0.750. The summed E-state index contributed by atoms with van der Waals surface area (Å²) in [4.78, 5) is 10.8. The van der Waals surface area contributed by atoms with Crippen LogP contribution in [-0.2, 0) is 6.54 Å². The van der Waals surface area contributed by atoms with Crippen LogP contribution in [0.4, 0.5) is 8.78 Å². The van der Waals surface area contributed by atoms with E-state index in [0.717, 1.165) is 42.0 Å². The molecule has 2 aliphatic rings. The molecule has 1 aromatic heterocycles. The first-order valence-electron chi connectivity index (χ1n) is 8.52. The molecule has 1 saturated carbocycles. The molecule has 5 nitrogen and oxygen atoms in total. The highest BCUT2D eigenvalue weighted by Crippen LogP contribution is 2.35. The fourth-order valence-electron chi connectivity index (χ4n) is 3.79. The average Bonchev–Trinajstić information content (AvgIpc) is 3.17. The third-order valence-electron chi connectivity index (χ3n) is 4.94. The van der Waals surface area contributed by atoms with Crippen LogP contribution in [0.2, 0.25) is 0 Å². The summed E-state index contributed by atoms with van der Waals surface area (Å²) in [6.45, 7) is 2.46. The van der Waals surface area contributed by atoms with Crippen LogP contribution in [0.15, 0.2) is 17.4 Å². The van der Waals surface area contributed by atoms with Gasteiger partial charge in [-0.05, 0) is 31.6 Å². The van der Waals surface area contributed by atoms with Gasteiger partial charge in [-0.2, -0.15) is 8.78 Å². The molecule has 23 heavy (non-hydrogen) atoms. The molecular weight excluding hydrogens is 300 g/mol. The number of nitrogens with zero attached hydrogens (tertiary/aromatic N) is 4. The molecule has 0 spiro atoms. The van der Waals surface area contributed by atoms with Crippen molar-refractivity contribution in [2.75, 3.05) is 19.6 Å². The maximum atomic E-state index is 12.9. The van der Waals surface area contributed by atoms with E-state index in [2.05, 4.69) is 20.2 Å². The SMILES string of the molecule is CCNC(=NCc1nccn1C(F)F)N1CC2CCCCC2C1. The van der Waals surface area contributed by atoms with E-state index in [4.69, 9.17) is 0 Å². The third kappa shape index (κ3) is 3.64. The molecule has 3 rings (SSSR count). The van der Waals surface area contributed by atoms with E-state index in [9.17, 15) is 8.78 Å². The Bertz CT molecular complexity index is 528. The Morgan fingerprint density at radius 3 is 2.65 bits per heavy atom. The van der Waals surface area contributed by atoms with Gasteiger partial charge in [-0.1, -0.05) is 12.8 Å². The molecular formula is C16H25F2N5. The molecule has 1 N–H and O–H groups in total. The normalized spacial score (nSPS) is 25.0. The van der Waals surface area contributed by atoms with Crippen molar-refractivity contribution >= 4 is 5.96 Å². The summed E-state index contributed by atoms with van der Waals surface area (Å²) in [6, 6.07) is 0. The Kier molecular flexibility index (Phi) is 5.13. The number of nitrogens with one attached hydrogen (secondary N) is 1. The number of hydrogen-bond donors (Lipinski definition) is 1. The third-order valence-corrected chi connectivity index (χ3v) is 4.94. The number of aromatic nitrogens is 2. The Morgan fingerprint density at radius 2 is 2.04 bits per heavy atom. The summed E-state index contributed by atoms with van der Waals surface area (Å²) in [6.07, 6.45) is 7.96. The number of hydrogen-bond acceptors (Lipinski definition) is 2. The second-order valence-electron chi connectivity index (χ2n) is 6.41. The van der Waals surface area contributed by atoms with E-state index in [1.165, 1.54) is 38.1 Å². The molecule has 1 aliphatic carbocycles. The van der Waals surface area contributed by atoms with E-state index in [1.807, 2.05) is 6.92 Å². The molecule has 0 radical (unpaired) electrons. The van der Waals surface area contributed by atoms with Gasteiger partial charge in [-0.15, -0.1) is 0 Å². The molecule has 0 amide bonds. The van der Waals surface area contributed by atoms with Crippen molar-refractivity contribution in [3.8, 4) is 0 Å². The Balaban J connectivity index is 1.69. The van der Waals surface area contributed by atoms with Crippen molar-refractivity contribution in [1.29, 1.82) is 0 Å². The van der Waals surface area contributed by atoms with Gasteiger partial charge in [0.25, 0.3) is 0 Å². The van der Waals surface area contributed by atoms with Crippen LogP contribution in [0.5, 0.6) is 0 Å². The first-order valence-corrected chi connectivity index (χ1v) is 8.52. The van der Waals surface area contributed by atoms with Crippen molar-refractivity contribution in [3.05, 3.63) is 18.2 Å². The minimum Gasteiger partial charge on any atom is -0.357 e. The van der Waals surface area contributed by atoms with Crippen molar-refractivity contribution in [1.82, 2.24) is 19.8 Å². The lowest BCUT2D eigenvalue weighted by atomic mass is 9.82. The van der Waals surface area contributed by atoms with Gasteiger partial charge < -0.3 is 10.2 Å². The molecule has 1 aliphatic heterocycles. The summed E-state index contributed by atoms with van der Waals surface area (Å²) in [5, 5.41) is 3.30. The van der Waals surface area contributed by atoms with Crippen LogP contribution in [0, 0.1) is 11.8 Å². The number of alkyl halides is 2. The van der Waals surface area contributed by atoms with Crippen LogP contribution in [-0.4, -0.2) is 40.0 Å². The number of aliphatic imine (C=N–C) groups is 1. The highest BCUT2D eigenvalue weighted by Gasteiger charge is 2.35. The lowest BCUT2D eigenvalue weighted by Gasteiger charge is -2.22. The molecule has 0 bridgehead atoms. The zero-order chi connectivity index (χ0) is 16.2. The van der Waals surface area contributed by atoms with Gasteiger partial charge in [0.2, 0.25) is 0 Å². The minimum absolute atomic E-state index is 0.172. The summed E-state index contributed by atoms with van der Waals surface area (Å²) < 4.78 is 26.6.